The zero-order valence-electron chi connectivity index (χ0n) is 17.9. The molecule has 152 valence electrons. The standard InChI is InChI=1S/C25H34N2O.H2/c1-5-21-13-11-14-22(18-23(21)20(3)26-4)25(28)16-8-6-7-12-19(2)24-15-9-10-17-27-24;/h9-11,14-15,17-19H,5-8,12-13,16H2,1-4H3;1H/t19-;/m0./s1. The molecule has 0 amide bonds. The number of carbonyl (C=O) groups is 1. The van der Waals surface area contributed by atoms with Crippen molar-refractivity contribution in [2.24, 2.45) is 4.99 Å². The predicted octanol–water partition coefficient (Wildman–Crippen LogP) is 6.63. The molecular weight excluding hydrogens is 344 g/mol. The number of aliphatic imine (C=N–C) groups is 1. The lowest BCUT2D eigenvalue weighted by Gasteiger charge is -2.10. The fourth-order valence-electron chi connectivity index (χ4n) is 3.61. The first-order valence-corrected chi connectivity index (χ1v) is 10.5. The van der Waals surface area contributed by atoms with Gasteiger partial charge in [0.2, 0.25) is 0 Å². The third-order valence-electron chi connectivity index (χ3n) is 5.55. The van der Waals surface area contributed by atoms with Crippen LogP contribution in [0.3, 0.4) is 0 Å². The highest BCUT2D eigenvalue weighted by Crippen LogP contribution is 2.24. The van der Waals surface area contributed by atoms with Gasteiger partial charge in [0.15, 0.2) is 5.78 Å². The quantitative estimate of drug-likeness (QED) is 0.337. The molecule has 1 aliphatic rings. The maximum absolute atomic E-state index is 12.7. The average Bonchev–Trinajstić information content (AvgIpc) is 2.95. The molecule has 0 saturated heterocycles. The van der Waals surface area contributed by atoms with Gasteiger partial charge in [0.1, 0.15) is 0 Å². The molecule has 0 N–H and O–H groups in total. The van der Waals surface area contributed by atoms with E-state index in [2.05, 4.69) is 42.0 Å². The highest BCUT2D eigenvalue weighted by Gasteiger charge is 2.14. The first kappa shape index (κ1) is 22.0. The van der Waals surface area contributed by atoms with Crippen LogP contribution in [0.5, 0.6) is 0 Å². The number of Topliss-reactive ketones (excluding diaryl/α,β-unsaturated/α-hetero) is 1. The van der Waals surface area contributed by atoms with Crippen LogP contribution in [-0.4, -0.2) is 23.5 Å². The Morgan fingerprint density at radius 3 is 2.79 bits per heavy atom. The molecule has 0 aromatic carbocycles. The molecule has 0 saturated carbocycles. The number of pyridine rings is 1. The van der Waals surface area contributed by atoms with Crippen LogP contribution in [0.1, 0.15) is 78.8 Å². The second-order valence-electron chi connectivity index (χ2n) is 7.56. The number of hydrogen-bond donors (Lipinski definition) is 0. The average molecular weight is 381 g/mol. The van der Waals surface area contributed by atoms with Gasteiger partial charge >= 0.3 is 0 Å². The van der Waals surface area contributed by atoms with Crippen LogP contribution in [0, 0.1) is 0 Å². The van der Waals surface area contributed by atoms with E-state index in [4.69, 9.17) is 0 Å². The Balaban J connectivity index is 0.00000420. The fourth-order valence-corrected chi connectivity index (χ4v) is 3.61. The molecule has 1 atom stereocenters. The molecule has 0 unspecified atom stereocenters. The van der Waals surface area contributed by atoms with E-state index < -0.39 is 0 Å². The van der Waals surface area contributed by atoms with Gasteiger partial charge in [-0.2, -0.15) is 0 Å². The summed E-state index contributed by atoms with van der Waals surface area (Å²) in [5.74, 6) is 0.716. The summed E-state index contributed by atoms with van der Waals surface area (Å²) < 4.78 is 0. The summed E-state index contributed by atoms with van der Waals surface area (Å²) in [5, 5.41) is 0. The summed E-state index contributed by atoms with van der Waals surface area (Å²) in [6, 6.07) is 6.09. The van der Waals surface area contributed by atoms with Gasteiger partial charge in [-0.25, -0.2) is 0 Å². The van der Waals surface area contributed by atoms with Gasteiger partial charge in [-0.15, -0.1) is 0 Å². The van der Waals surface area contributed by atoms with E-state index >= 15 is 0 Å². The number of hydrogen-bond acceptors (Lipinski definition) is 3. The van der Waals surface area contributed by atoms with Gasteiger partial charge in [0.05, 0.1) is 0 Å². The molecule has 1 aromatic heterocycles. The Hall–Kier alpha value is -2.29. The van der Waals surface area contributed by atoms with Crippen molar-refractivity contribution in [1.29, 1.82) is 0 Å². The highest BCUT2D eigenvalue weighted by atomic mass is 16.1. The van der Waals surface area contributed by atoms with E-state index in [1.807, 2.05) is 38.4 Å². The summed E-state index contributed by atoms with van der Waals surface area (Å²) in [7, 11) is 1.81. The van der Waals surface area contributed by atoms with Crippen LogP contribution in [0.2, 0.25) is 0 Å². The first-order valence-electron chi connectivity index (χ1n) is 10.5. The molecule has 1 aromatic rings. The lowest BCUT2D eigenvalue weighted by molar-refractivity contribution is -0.115. The van der Waals surface area contributed by atoms with Crippen LogP contribution < -0.4 is 0 Å². The van der Waals surface area contributed by atoms with E-state index in [1.165, 1.54) is 5.57 Å². The normalized spacial score (nSPS) is 16.0. The van der Waals surface area contributed by atoms with Crippen molar-refractivity contribution < 1.29 is 6.22 Å². The molecule has 1 heterocycles. The third kappa shape index (κ3) is 6.40. The van der Waals surface area contributed by atoms with Gasteiger partial charge in [0, 0.05) is 38.1 Å². The van der Waals surface area contributed by atoms with Crippen LogP contribution in [-0.2, 0) is 4.79 Å². The predicted molar refractivity (Wildman–Crippen MR) is 121 cm³/mol. The number of allylic oxidation sites excluding steroid dienone is 6. The first-order chi connectivity index (χ1) is 13.6. The minimum atomic E-state index is 0. The Morgan fingerprint density at radius 2 is 2.11 bits per heavy atom. The fraction of sp³-hybridized carbons (Fsp3) is 0.480. The maximum atomic E-state index is 12.7. The van der Waals surface area contributed by atoms with Gasteiger partial charge in [0.25, 0.3) is 0 Å². The van der Waals surface area contributed by atoms with E-state index in [-0.39, 0.29) is 7.21 Å². The van der Waals surface area contributed by atoms with Crippen LogP contribution in [0.15, 0.2) is 64.3 Å². The topological polar surface area (TPSA) is 42.3 Å². The molecule has 0 radical (unpaired) electrons. The number of carbonyl (C=O) groups excluding carboxylic acids is 1. The van der Waals surface area contributed by atoms with Crippen molar-refractivity contribution in [3.05, 3.63) is 65.0 Å². The van der Waals surface area contributed by atoms with E-state index in [0.29, 0.717) is 12.3 Å². The molecular formula is C25H36N2O. The monoisotopic (exact) mass is 380 g/mol. The number of ketones is 1. The molecule has 0 spiro atoms. The molecule has 0 fully saturated rings. The molecule has 3 nitrogen and oxygen atoms in total. The maximum Gasteiger partial charge on any atom is 0.162 e. The number of nitrogens with zero attached hydrogens (tertiary/aromatic N) is 2. The van der Waals surface area contributed by atoms with E-state index in [9.17, 15) is 4.79 Å². The zero-order chi connectivity index (χ0) is 20.4. The number of rotatable bonds is 10. The Labute approximate surface area is 171 Å². The molecule has 1 aliphatic carbocycles. The second kappa shape index (κ2) is 11.5. The van der Waals surface area contributed by atoms with Gasteiger partial charge in [-0.05, 0) is 62.3 Å². The van der Waals surface area contributed by atoms with Crippen molar-refractivity contribution in [2.75, 3.05) is 7.05 Å². The summed E-state index contributed by atoms with van der Waals surface area (Å²) in [6.07, 6.45) is 14.8. The van der Waals surface area contributed by atoms with Crippen molar-refractivity contribution in [2.45, 2.75) is 71.6 Å². The minimum absolute atomic E-state index is 0. The number of unbranched alkanes of at least 4 members (excludes halogenated alkanes) is 2. The molecule has 28 heavy (non-hydrogen) atoms. The summed E-state index contributed by atoms with van der Waals surface area (Å²) in [4.78, 5) is 21.5. The Bertz CT molecular complexity index is 775. The minimum Gasteiger partial charge on any atom is -0.294 e. The van der Waals surface area contributed by atoms with Crippen molar-refractivity contribution in [3.8, 4) is 0 Å². The molecule has 0 bridgehead atoms. The zero-order valence-corrected chi connectivity index (χ0v) is 17.9. The van der Waals surface area contributed by atoms with Crippen molar-refractivity contribution in [3.63, 3.8) is 0 Å². The van der Waals surface area contributed by atoms with Gasteiger partial charge in [-0.3, -0.25) is 14.8 Å². The summed E-state index contributed by atoms with van der Waals surface area (Å²) in [5.41, 5.74) is 5.48. The SMILES string of the molecule is CCC1=C(C(C)=NC)C=C(C(=O)CCCCC[C@H](C)c2ccccn2)C=CC1.[HH]. The number of aromatic nitrogens is 1. The lowest BCUT2D eigenvalue weighted by atomic mass is 9.96. The third-order valence-corrected chi connectivity index (χ3v) is 5.55. The lowest BCUT2D eigenvalue weighted by Crippen LogP contribution is -2.04. The van der Waals surface area contributed by atoms with E-state index in [0.717, 1.165) is 61.1 Å². The van der Waals surface area contributed by atoms with Crippen molar-refractivity contribution >= 4 is 11.5 Å². The Morgan fingerprint density at radius 1 is 1.29 bits per heavy atom. The van der Waals surface area contributed by atoms with Crippen LogP contribution in [0.25, 0.3) is 0 Å². The van der Waals surface area contributed by atoms with E-state index in [1.54, 1.807) is 0 Å². The molecule has 0 aliphatic heterocycles. The van der Waals surface area contributed by atoms with Gasteiger partial charge < -0.3 is 0 Å². The van der Waals surface area contributed by atoms with Crippen LogP contribution >= 0.6 is 0 Å². The summed E-state index contributed by atoms with van der Waals surface area (Å²) >= 11 is 0. The summed E-state index contributed by atoms with van der Waals surface area (Å²) in [6.45, 7) is 6.42. The van der Waals surface area contributed by atoms with Crippen molar-refractivity contribution in [1.82, 2.24) is 4.98 Å². The van der Waals surface area contributed by atoms with Crippen LogP contribution in [0.4, 0.5) is 0 Å². The molecule has 3 heteroatoms. The largest absolute Gasteiger partial charge is 0.294 e. The highest BCUT2D eigenvalue weighted by molar-refractivity contribution is 6.05. The molecule has 2 rings (SSSR count). The van der Waals surface area contributed by atoms with Gasteiger partial charge in [-0.1, -0.05) is 50.5 Å². The smallest absolute Gasteiger partial charge is 0.162 e. The Kier molecular flexibility index (Phi) is 9.06. The second-order valence-corrected chi connectivity index (χ2v) is 7.56.